The molecule has 0 bridgehead atoms. The van der Waals surface area contributed by atoms with E-state index in [4.69, 9.17) is 28.9 Å². The van der Waals surface area contributed by atoms with Gasteiger partial charge in [-0.15, -0.1) is 5.10 Å². The lowest BCUT2D eigenvalue weighted by Gasteiger charge is -2.23. The summed E-state index contributed by atoms with van der Waals surface area (Å²) in [5.74, 6) is 0.900. The largest absolute Gasteiger partial charge is 0.366 e. The number of hydrogen-bond acceptors (Lipinski definition) is 4. The van der Waals surface area contributed by atoms with Crippen molar-refractivity contribution < 1.29 is 0 Å². The molecule has 0 amide bonds. The van der Waals surface area contributed by atoms with Crippen molar-refractivity contribution in [2.75, 3.05) is 11.1 Å². The topological polar surface area (TPSA) is 68.8 Å². The zero-order valence-electron chi connectivity index (χ0n) is 11.5. The fourth-order valence-electron chi connectivity index (χ4n) is 2.72. The molecule has 3 N–H and O–H groups in total. The van der Waals surface area contributed by atoms with Gasteiger partial charge < -0.3 is 11.1 Å². The van der Waals surface area contributed by atoms with E-state index in [1.54, 1.807) is 12.1 Å². The van der Waals surface area contributed by atoms with Gasteiger partial charge in [0.1, 0.15) is 0 Å². The molecule has 0 radical (unpaired) electrons. The van der Waals surface area contributed by atoms with Crippen LogP contribution >= 0.6 is 23.2 Å². The Kier molecular flexibility index (Phi) is 4.22. The van der Waals surface area contributed by atoms with Crippen molar-refractivity contribution in [3.63, 3.8) is 0 Å². The van der Waals surface area contributed by atoms with Crippen LogP contribution in [0.1, 0.15) is 38.1 Å². The van der Waals surface area contributed by atoms with Crippen molar-refractivity contribution >= 4 is 40.8 Å². The Morgan fingerprint density at radius 3 is 2.67 bits per heavy atom. The molecule has 0 aliphatic heterocycles. The summed E-state index contributed by atoms with van der Waals surface area (Å²) in [6, 6.07) is 5.63. The molecule has 1 heterocycles. The number of nitrogens with two attached hydrogens (primary N) is 1. The minimum atomic E-state index is 0.271. The Bertz CT molecular complexity index is 634. The summed E-state index contributed by atoms with van der Waals surface area (Å²) in [6.07, 6.45) is 5.92. The van der Waals surface area contributed by atoms with Crippen molar-refractivity contribution in [2.45, 2.75) is 38.1 Å². The summed E-state index contributed by atoms with van der Waals surface area (Å²) in [5.41, 5.74) is 6.51. The van der Waals surface area contributed by atoms with E-state index in [1.165, 1.54) is 19.3 Å². The highest BCUT2D eigenvalue weighted by Gasteiger charge is 2.21. The third-order valence-electron chi connectivity index (χ3n) is 3.75. The first kappa shape index (κ1) is 14.5. The molecule has 0 unspecified atom stereocenters. The van der Waals surface area contributed by atoms with Gasteiger partial charge >= 0.3 is 0 Å². The summed E-state index contributed by atoms with van der Waals surface area (Å²) in [5, 5.41) is 8.67. The van der Waals surface area contributed by atoms with Crippen molar-refractivity contribution in [1.29, 1.82) is 0 Å². The molecule has 2 aromatic rings. The lowest BCUT2D eigenvalue weighted by Crippen LogP contribution is -2.16. The zero-order valence-corrected chi connectivity index (χ0v) is 13.0. The van der Waals surface area contributed by atoms with Gasteiger partial charge in [0, 0.05) is 5.02 Å². The van der Waals surface area contributed by atoms with Gasteiger partial charge in [0.05, 0.1) is 16.8 Å². The number of benzene rings is 1. The number of nitrogens with one attached hydrogen (secondary N) is 1. The monoisotopic (exact) mass is 325 g/mol. The van der Waals surface area contributed by atoms with E-state index in [1.807, 2.05) is 10.7 Å². The number of nitrogens with zero attached hydrogens (tertiary/aromatic N) is 3. The average molecular weight is 326 g/mol. The number of anilines is 3. The Morgan fingerprint density at radius 1 is 1.19 bits per heavy atom. The molecule has 5 nitrogen and oxygen atoms in total. The van der Waals surface area contributed by atoms with Crippen LogP contribution in [-0.4, -0.2) is 14.8 Å². The third-order valence-corrected chi connectivity index (χ3v) is 4.29. The molecule has 0 atom stereocenters. The molecule has 1 aliphatic rings. The maximum absolute atomic E-state index is 6.19. The van der Waals surface area contributed by atoms with Gasteiger partial charge in [0.2, 0.25) is 11.9 Å². The molecule has 1 aromatic carbocycles. The second kappa shape index (κ2) is 6.12. The molecule has 0 spiro atoms. The van der Waals surface area contributed by atoms with Gasteiger partial charge in [-0.05, 0) is 31.0 Å². The Labute approximate surface area is 133 Å². The summed E-state index contributed by atoms with van der Waals surface area (Å²) in [6.45, 7) is 0. The van der Waals surface area contributed by atoms with Gasteiger partial charge in [0.25, 0.3) is 0 Å². The first-order valence-corrected chi connectivity index (χ1v) is 7.83. The van der Waals surface area contributed by atoms with E-state index in [-0.39, 0.29) is 5.95 Å². The number of halogens is 2. The molecule has 1 aliphatic carbocycles. The van der Waals surface area contributed by atoms with Crippen LogP contribution in [0.15, 0.2) is 18.2 Å². The summed E-state index contributed by atoms with van der Waals surface area (Å²) < 4.78 is 1.89. The highest BCUT2D eigenvalue weighted by molar-refractivity contribution is 6.36. The van der Waals surface area contributed by atoms with E-state index in [0.717, 1.165) is 18.5 Å². The number of nitrogen functional groups attached to an aromatic ring is 1. The van der Waals surface area contributed by atoms with Crippen LogP contribution in [0.4, 0.5) is 17.6 Å². The molecule has 1 aromatic heterocycles. The van der Waals surface area contributed by atoms with Crippen LogP contribution in [0, 0.1) is 0 Å². The average Bonchev–Trinajstić information content (AvgIpc) is 2.84. The number of rotatable bonds is 3. The molecule has 112 valence electrons. The predicted molar refractivity (Wildman–Crippen MR) is 86.3 cm³/mol. The van der Waals surface area contributed by atoms with Crippen molar-refractivity contribution in [3.8, 4) is 0 Å². The number of hydrogen-bond donors (Lipinski definition) is 2. The van der Waals surface area contributed by atoms with Crippen LogP contribution in [0.5, 0.6) is 0 Å². The van der Waals surface area contributed by atoms with Crippen LogP contribution < -0.4 is 11.1 Å². The Balaban J connectivity index is 1.87. The SMILES string of the molecule is Nc1nc(Nc2ccc(Cl)cc2Cl)n(C2CCCCC2)n1. The summed E-state index contributed by atoms with van der Waals surface area (Å²) in [7, 11) is 0. The third kappa shape index (κ3) is 3.24. The summed E-state index contributed by atoms with van der Waals surface area (Å²) in [4.78, 5) is 4.27. The van der Waals surface area contributed by atoms with E-state index in [0.29, 0.717) is 22.0 Å². The van der Waals surface area contributed by atoms with Gasteiger partial charge in [-0.1, -0.05) is 42.5 Å². The van der Waals surface area contributed by atoms with E-state index >= 15 is 0 Å². The maximum Gasteiger partial charge on any atom is 0.241 e. The van der Waals surface area contributed by atoms with Crippen molar-refractivity contribution in [1.82, 2.24) is 14.8 Å². The zero-order chi connectivity index (χ0) is 14.8. The molecule has 3 rings (SSSR count). The molecule has 1 fully saturated rings. The van der Waals surface area contributed by atoms with Crippen LogP contribution in [-0.2, 0) is 0 Å². The first-order chi connectivity index (χ1) is 10.1. The van der Waals surface area contributed by atoms with Gasteiger partial charge in [0.15, 0.2) is 0 Å². The maximum atomic E-state index is 6.19. The van der Waals surface area contributed by atoms with E-state index in [2.05, 4.69) is 15.4 Å². The van der Waals surface area contributed by atoms with Crippen LogP contribution in [0.25, 0.3) is 0 Å². The fraction of sp³-hybridized carbons (Fsp3) is 0.429. The second-order valence-corrected chi connectivity index (χ2v) is 6.12. The summed E-state index contributed by atoms with van der Waals surface area (Å²) >= 11 is 12.1. The predicted octanol–water partition coefficient (Wildman–Crippen LogP) is 4.42. The first-order valence-electron chi connectivity index (χ1n) is 7.07. The minimum Gasteiger partial charge on any atom is -0.366 e. The molecular formula is C14H17Cl2N5. The van der Waals surface area contributed by atoms with Crippen LogP contribution in [0.2, 0.25) is 10.0 Å². The molecule has 21 heavy (non-hydrogen) atoms. The molecular weight excluding hydrogens is 309 g/mol. The van der Waals surface area contributed by atoms with Gasteiger partial charge in [-0.3, -0.25) is 0 Å². The van der Waals surface area contributed by atoms with Gasteiger partial charge in [-0.25, -0.2) is 4.68 Å². The van der Waals surface area contributed by atoms with Gasteiger partial charge in [-0.2, -0.15) is 4.98 Å². The van der Waals surface area contributed by atoms with Crippen LogP contribution in [0.3, 0.4) is 0 Å². The molecule has 1 saturated carbocycles. The minimum absolute atomic E-state index is 0.271. The highest BCUT2D eigenvalue weighted by Crippen LogP contribution is 2.32. The lowest BCUT2D eigenvalue weighted by molar-refractivity contribution is 0.333. The van der Waals surface area contributed by atoms with E-state index in [9.17, 15) is 0 Å². The lowest BCUT2D eigenvalue weighted by atomic mass is 9.96. The Morgan fingerprint density at radius 2 is 1.95 bits per heavy atom. The molecule has 7 heteroatoms. The normalized spacial score (nSPS) is 16.1. The molecule has 0 saturated heterocycles. The van der Waals surface area contributed by atoms with E-state index < -0.39 is 0 Å². The smallest absolute Gasteiger partial charge is 0.241 e. The Hall–Kier alpha value is -1.46. The van der Waals surface area contributed by atoms with Crippen molar-refractivity contribution in [3.05, 3.63) is 28.2 Å². The second-order valence-electron chi connectivity index (χ2n) is 5.28. The van der Waals surface area contributed by atoms with Crippen molar-refractivity contribution in [2.24, 2.45) is 0 Å². The quantitative estimate of drug-likeness (QED) is 0.876. The standard InChI is InChI=1S/C14H17Cl2N5/c15-9-6-7-12(11(16)8-9)18-14-19-13(17)20-21(14)10-4-2-1-3-5-10/h6-8,10H,1-5H2,(H3,17,18,19,20). The highest BCUT2D eigenvalue weighted by atomic mass is 35.5. The number of aromatic nitrogens is 3. The fourth-order valence-corrected chi connectivity index (χ4v) is 3.17.